The van der Waals surface area contributed by atoms with Crippen LogP contribution in [0.2, 0.25) is 0 Å². The molecule has 1 saturated heterocycles. The molecule has 1 amide bonds. The van der Waals surface area contributed by atoms with Crippen molar-refractivity contribution in [2.45, 2.75) is 18.9 Å². The van der Waals surface area contributed by atoms with Crippen LogP contribution in [0.4, 0.5) is 0 Å². The lowest BCUT2D eigenvalue weighted by Gasteiger charge is -2.24. The van der Waals surface area contributed by atoms with Gasteiger partial charge in [-0.05, 0) is 32.0 Å². The van der Waals surface area contributed by atoms with Gasteiger partial charge in [0.1, 0.15) is 12.1 Å². The monoisotopic (exact) mass is 285 g/mol. The van der Waals surface area contributed by atoms with Gasteiger partial charge in [0.15, 0.2) is 0 Å². The summed E-state index contributed by atoms with van der Waals surface area (Å²) in [5, 5.41) is 3.16. The predicted octanol–water partition coefficient (Wildman–Crippen LogP) is 1.09. The third-order valence-corrected chi connectivity index (χ3v) is 3.84. The van der Waals surface area contributed by atoms with Crippen LogP contribution in [0.3, 0.4) is 0 Å². The molecule has 1 N–H and O–H groups in total. The normalized spacial score (nSPS) is 18.1. The maximum atomic E-state index is 12.7. The standard InChI is InChI=1S/C15H19N5O/c1-16-10-13-3-2-7-20(13)15(21)12-4-5-18-14(9-12)19-8-6-17-11-19/h4-6,8-9,11,13,16H,2-3,7,10H2,1H3/t13-/m0/s1. The van der Waals surface area contributed by atoms with E-state index in [0.717, 1.165) is 25.9 Å². The number of aromatic nitrogens is 3. The van der Waals surface area contributed by atoms with Gasteiger partial charge in [-0.1, -0.05) is 0 Å². The zero-order valence-corrected chi connectivity index (χ0v) is 12.1. The number of hydrogen-bond donors (Lipinski definition) is 1. The summed E-state index contributed by atoms with van der Waals surface area (Å²) in [4.78, 5) is 23.0. The number of carbonyl (C=O) groups excluding carboxylic acids is 1. The van der Waals surface area contributed by atoms with Crippen molar-refractivity contribution in [3.05, 3.63) is 42.6 Å². The van der Waals surface area contributed by atoms with E-state index in [-0.39, 0.29) is 11.9 Å². The molecule has 2 aromatic heterocycles. The van der Waals surface area contributed by atoms with Crippen LogP contribution < -0.4 is 5.32 Å². The molecule has 6 nitrogen and oxygen atoms in total. The van der Waals surface area contributed by atoms with Gasteiger partial charge in [-0.3, -0.25) is 9.36 Å². The van der Waals surface area contributed by atoms with Crippen molar-refractivity contribution in [3.8, 4) is 5.82 Å². The summed E-state index contributed by atoms with van der Waals surface area (Å²) < 4.78 is 1.80. The van der Waals surface area contributed by atoms with Gasteiger partial charge < -0.3 is 10.2 Å². The molecule has 0 radical (unpaired) electrons. The van der Waals surface area contributed by atoms with Crippen molar-refractivity contribution in [1.82, 2.24) is 24.8 Å². The second-order valence-electron chi connectivity index (χ2n) is 5.22. The molecular formula is C15H19N5O. The van der Waals surface area contributed by atoms with E-state index in [1.54, 1.807) is 29.4 Å². The largest absolute Gasteiger partial charge is 0.334 e. The highest BCUT2D eigenvalue weighted by atomic mass is 16.2. The summed E-state index contributed by atoms with van der Waals surface area (Å²) in [5.74, 6) is 0.791. The Hall–Kier alpha value is -2.21. The molecule has 0 unspecified atom stereocenters. The molecule has 21 heavy (non-hydrogen) atoms. The first kappa shape index (κ1) is 13.8. The van der Waals surface area contributed by atoms with Gasteiger partial charge >= 0.3 is 0 Å². The minimum Gasteiger partial charge on any atom is -0.334 e. The molecular weight excluding hydrogens is 266 g/mol. The van der Waals surface area contributed by atoms with E-state index >= 15 is 0 Å². The van der Waals surface area contributed by atoms with Crippen molar-refractivity contribution in [3.63, 3.8) is 0 Å². The van der Waals surface area contributed by atoms with E-state index in [2.05, 4.69) is 15.3 Å². The molecule has 1 fully saturated rings. The molecule has 0 aromatic carbocycles. The van der Waals surface area contributed by atoms with Crippen LogP contribution in [0.15, 0.2) is 37.1 Å². The number of amides is 1. The van der Waals surface area contributed by atoms with Gasteiger partial charge in [0.05, 0.1) is 0 Å². The average Bonchev–Trinajstić information content (AvgIpc) is 3.18. The third kappa shape index (κ3) is 2.80. The van der Waals surface area contributed by atoms with Crippen LogP contribution in [0, 0.1) is 0 Å². The number of nitrogens with one attached hydrogen (secondary N) is 1. The Bertz CT molecular complexity index is 610. The van der Waals surface area contributed by atoms with E-state index in [0.29, 0.717) is 11.4 Å². The highest BCUT2D eigenvalue weighted by Crippen LogP contribution is 2.20. The van der Waals surface area contributed by atoms with Crippen LogP contribution in [-0.2, 0) is 0 Å². The second-order valence-corrected chi connectivity index (χ2v) is 5.22. The lowest BCUT2D eigenvalue weighted by Crippen LogP contribution is -2.40. The molecule has 0 aliphatic carbocycles. The van der Waals surface area contributed by atoms with Gasteiger partial charge in [0, 0.05) is 43.3 Å². The van der Waals surface area contributed by atoms with E-state index in [1.165, 1.54) is 0 Å². The number of carbonyl (C=O) groups is 1. The van der Waals surface area contributed by atoms with Crippen LogP contribution >= 0.6 is 0 Å². The quantitative estimate of drug-likeness (QED) is 0.913. The second kappa shape index (κ2) is 6.05. The average molecular weight is 285 g/mol. The third-order valence-electron chi connectivity index (χ3n) is 3.84. The molecule has 3 heterocycles. The molecule has 110 valence electrons. The van der Waals surface area contributed by atoms with E-state index < -0.39 is 0 Å². The summed E-state index contributed by atoms with van der Waals surface area (Å²) in [6.07, 6.45) is 8.99. The number of hydrogen-bond acceptors (Lipinski definition) is 4. The van der Waals surface area contributed by atoms with Crippen LogP contribution in [0.25, 0.3) is 5.82 Å². The van der Waals surface area contributed by atoms with Crippen molar-refractivity contribution < 1.29 is 4.79 Å². The SMILES string of the molecule is CNC[C@@H]1CCCN1C(=O)c1ccnc(-n2ccnc2)c1. The summed E-state index contributed by atoms with van der Waals surface area (Å²) in [6.45, 7) is 1.67. The summed E-state index contributed by atoms with van der Waals surface area (Å²) in [7, 11) is 1.92. The lowest BCUT2D eigenvalue weighted by molar-refractivity contribution is 0.0737. The first-order chi connectivity index (χ1) is 10.3. The van der Waals surface area contributed by atoms with Gasteiger partial charge in [0.2, 0.25) is 0 Å². The molecule has 1 aliphatic heterocycles. The fourth-order valence-electron chi connectivity index (χ4n) is 2.80. The molecule has 1 atom stereocenters. The van der Waals surface area contributed by atoms with Gasteiger partial charge in [0.25, 0.3) is 5.91 Å². The van der Waals surface area contributed by atoms with E-state index in [4.69, 9.17) is 0 Å². The number of nitrogens with zero attached hydrogens (tertiary/aromatic N) is 4. The van der Waals surface area contributed by atoms with E-state index in [9.17, 15) is 4.79 Å². The predicted molar refractivity (Wildman–Crippen MR) is 79.3 cm³/mol. The van der Waals surface area contributed by atoms with Crippen molar-refractivity contribution in [2.75, 3.05) is 20.1 Å². The van der Waals surface area contributed by atoms with Gasteiger partial charge in [-0.25, -0.2) is 9.97 Å². The Balaban J connectivity index is 1.83. The van der Waals surface area contributed by atoms with Crippen molar-refractivity contribution in [1.29, 1.82) is 0 Å². The molecule has 0 bridgehead atoms. The molecule has 0 saturated carbocycles. The molecule has 3 rings (SSSR count). The summed E-state index contributed by atoms with van der Waals surface area (Å²) in [5.41, 5.74) is 0.678. The van der Waals surface area contributed by atoms with Crippen molar-refractivity contribution in [2.24, 2.45) is 0 Å². The van der Waals surface area contributed by atoms with Gasteiger partial charge in [-0.2, -0.15) is 0 Å². The zero-order valence-electron chi connectivity index (χ0n) is 12.1. The van der Waals surface area contributed by atoms with Crippen LogP contribution in [0.1, 0.15) is 23.2 Å². The fourth-order valence-corrected chi connectivity index (χ4v) is 2.80. The minimum atomic E-state index is 0.0801. The smallest absolute Gasteiger partial charge is 0.254 e. The topological polar surface area (TPSA) is 63.1 Å². The highest BCUT2D eigenvalue weighted by Gasteiger charge is 2.28. The zero-order chi connectivity index (χ0) is 14.7. The minimum absolute atomic E-state index is 0.0801. The Morgan fingerprint density at radius 2 is 2.38 bits per heavy atom. The maximum Gasteiger partial charge on any atom is 0.254 e. The molecule has 6 heteroatoms. The molecule has 2 aromatic rings. The number of likely N-dealkylation sites (tertiary alicyclic amines) is 1. The first-order valence-electron chi connectivity index (χ1n) is 7.19. The Labute approximate surface area is 123 Å². The molecule has 0 spiro atoms. The Kier molecular flexibility index (Phi) is 3.96. The highest BCUT2D eigenvalue weighted by molar-refractivity contribution is 5.95. The van der Waals surface area contributed by atoms with E-state index in [1.807, 2.05) is 24.2 Å². The summed E-state index contributed by atoms with van der Waals surface area (Å²) in [6, 6.07) is 3.88. The fraction of sp³-hybridized carbons (Fsp3) is 0.400. The van der Waals surface area contributed by atoms with Crippen LogP contribution in [0.5, 0.6) is 0 Å². The van der Waals surface area contributed by atoms with Crippen molar-refractivity contribution >= 4 is 5.91 Å². The number of pyridine rings is 1. The van der Waals surface area contributed by atoms with Gasteiger partial charge in [-0.15, -0.1) is 0 Å². The molecule has 1 aliphatic rings. The number of imidazole rings is 1. The Morgan fingerprint density at radius 3 is 3.14 bits per heavy atom. The maximum absolute atomic E-state index is 12.7. The first-order valence-corrected chi connectivity index (χ1v) is 7.19. The summed E-state index contributed by atoms with van der Waals surface area (Å²) >= 11 is 0. The number of rotatable bonds is 4. The lowest BCUT2D eigenvalue weighted by atomic mass is 10.2. The number of likely N-dealkylation sites (N-methyl/N-ethyl adjacent to an activating group) is 1. The van der Waals surface area contributed by atoms with Crippen LogP contribution in [-0.4, -0.2) is 51.5 Å². The Morgan fingerprint density at radius 1 is 1.48 bits per heavy atom.